The van der Waals surface area contributed by atoms with Gasteiger partial charge in [-0.25, -0.2) is 0 Å². The van der Waals surface area contributed by atoms with Crippen LogP contribution in [0.15, 0.2) is 42.5 Å². The molecule has 1 aliphatic rings. The summed E-state index contributed by atoms with van der Waals surface area (Å²) in [4.78, 5) is 12.2. The molecule has 1 aliphatic carbocycles. The molecule has 0 aromatic heterocycles. The topological polar surface area (TPSA) is 55.1 Å². The van der Waals surface area contributed by atoms with Crippen LogP contribution in [-0.4, -0.2) is 5.91 Å². The van der Waals surface area contributed by atoms with E-state index in [0.717, 1.165) is 24.0 Å². The standard InChI is InChI=1S/C17H18N2O/c18-16-7-2-1-4-15(16)11-19-17(20)14-9-8-12-5-3-6-13(12)10-14/h1-2,4,7-10H,3,5-6,11,18H2,(H,19,20). The van der Waals surface area contributed by atoms with Gasteiger partial charge in [0.25, 0.3) is 5.91 Å². The molecule has 0 radical (unpaired) electrons. The van der Waals surface area contributed by atoms with Crippen molar-refractivity contribution in [1.29, 1.82) is 0 Å². The maximum atomic E-state index is 12.2. The Labute approximate surface area is 118 Å². The van der Waals surface area contributed by atoms with E-state index in [9.17, 15) is 4.79 Å². The molecule has 0 spiro atoms. The van der Waals surface area contributed by atoms with Crippen LogP contribution >= 0.6 is 0 Å². The Balaban J connectivity index is 1.69. The first-order chi connectivity index (χ1) is 9.74. The second-order valence-corrected chi connectivity index (χ2v) is 5.22. The average molecular weight is 266 g/mol. The Bertz CT molecular complexity index is 649. The SMILES string of the molecule is Nc1ccccc1CNC(=O)c1ccc2c(c1)CCC2. The molecule has 0 atom stereocenters. The summed E-state index contributed by atoms with van der Waals surface area (Å²) in [7, 11) is 0. The molecule has 102 valence electrons. The quantitative estimate of drug-likeness (QED) is 0.839. The highest BCUT2D eigenvalue weighted by Crippen LogP contribution is 2.22. The van der Waals surface area contributed by atoms with E-state index in [1.54, 1.807) is 0 Å². The third-order valence-corrected chi connectivity index (χ3v) is 3.86. The van der Waals surface area contributed by atoms with E-state index in [2.05, 4.69) is 11.4 Å². The van der Waals surface area contributed by atoms with Gasteiger partial charge in [-0.05, 0) is 54.2 Å². The van der Waals surface area contributed by atoms with Crippen molar-refractivity contribution in [3.8, 4) is 0 Å². The number of nitrogens with one attached hydrogen (secondary N) is 1. The molecule has 0 fully saturated rings. The lowest BCUT2D eigenvalue weighted by molar-refractivity contribution is 0.0951. The van der Waals surface area contributed by atoms with Crippen molar-refractivity contribution < 1.29 is 4.79 Å². The highest BCUT2D eigenvalue weighted by Gasteiger charge is 2.13. The number of nitrogen functional groups attached to an aromatic ring is 1. The molecule has 0 saturated heterocycles. The van der Waals surface area contributed by atoms with Crippen molar-refractivity contribution in [3.63, 3.8) is 0 Å². The summed E-state index contributed by atoms with van der Waals surface area (Å²) in [5.41, 5.74) is 11.0. The lowest BCUT2D eigenvalue weighted by Crippen LogP contribution is -2.23. The fourth-order valence-electron chi connectivity index (χ4n) is 2.69. The molecule has 2 aromatic carbocycles. The van der Waals surface area contributed by atoms with Crippen LogP contribution in [0.4, 0.5) is 5.69 Å². The van der Waals surface area contributed by atoms with E-state index >= 15 is 0 Å². The Morgan fingerprint density at radius 3 is 2.75 bits per heavy atom. The van der Waals surface area contributed by atoms with Gasteiger partial charge < -0.3 is 11.1 Å². The van der Waals surface area contributed by atoms with Gasteiger partial charge in [0.1, 0.15) is 0 Å². The maximum absolute atomic E-state index is 12.2. The van der Waals surface area contributed by atoms with Crippen LogP contribution in [0.5, 0.6) is 0 Å². The lowest BCUT2D eigenvalue weighted by Gasteiger charge is -2.09. The number of rotatable bonds is 3. The van der Waals surface area contributed by atoms with Gasteiger partial charge in [-0.2, -0.15) is 0 Å². The zero-order chi connectivity index (χ0) is 13.9. The van der Waals surface area contributed by atoms with Crippen molar-refractivity contribution in [2.45, 2.75) is 25.8 Å². The van der Waals surface area contributed by atoms with Crippen LogP contribution in [0.1, 0.15) is 33.5 Å². The first-order valence-corrected chi connectivity index (χ1v) is 6.97. The summed E-state index contributed by atoms with van der Waals surface area (Å²) in [6, 6.07) is 13.6. The fourth-order valence-corrected chi connectivity index (χ4v) is 2.69. The number of hydrogen-bond acceptors (Lipinski definition) is 2. The summed E-state index contributed by atoms with van der Waals surface area (Å²) in [6.07, 6.45) is 3.42. The zero-order valence-electron chi connectivity index (χ0n) is 11.4. The van der Waals surface area contributed by atoms with Gasteiger partial charge in [-0.15, -0.1) is 0 Å². The summed E-state index contributed by atoms with van der Waals surface area (Å²) in [6.45, 7) is 0.461. The molecular weight excluding hydrogens is 248 g/mol. The van der Waals surface area contributed by atoms with Crippen molar-refractivity contribution in [3.05, 3.63) is 64.7 Å². The molecule has 3 nitrogen and oxygen atoms in total. The fraction of sp³-hybridized carbons (Fsp3) is 0.235. The molecule has 2 aromatic rings. The van der Waals surface area contributed by atoms with E-state index in [1.807, 2.05) is 36.4 Å². The van der Waals surface area contributed by atoms with Gasteiger partial charge in [-0.3, -0.25) is 4.79 Å². The number of fused-ring (bicyclic) bond motifs is 1. The minimum atomic E-state index is -0.0389. The van der Waals surface area contributed by atoms with Gasteiger partial charge >= 0.3 is 0 Å². The number of hydrogen-bond donors (Lipinski definition) is 2. The van der Waals surface area contributed by atoms with Gasteiger partial charge in [0, 0.05) is 17.8 Å². The van der Waals surface area contributed by atoms with E-state index in [1.165, 1.54) is 17.5 Å². The Kier molecular flexibility index (Phi) is 3.42. The third kappa shape index (κ3) is 2.52. The third-order valence-electron chi connectivity index (χ3n) is 3.86. The molecule has 0 bridgehead atoms. The van der Waals surface area contributed by atoms with E-state index in [0.29, 0.717) is 12.2 Å². The van der Waals surface area contributed by atoms with E-state index in [4.69, 9.17) is 5.73 Å². The van der Waals surface area contributed by atoms with Crippen LogP contribution in [0.3, 0.4) is 0 Å². The second kappa shape index (κ2) is 5.37. The number of carbonyl (C=O) groups is 1. The number of para-hydroxylation sites is 1. The molecule has 3 rings (SSSR count). The largest absolute Gasteiger partial charge is 0.398 e. The predicted molar refractivity (Wildman–Crippen MR) is 80.5 cm³/mol. The molecule has 20 heavy (non-hydrogen) atoms. The van der Waals surface area contributed by atoms with E-state index < -0.39 is 0 Å². The molecule has 0 heterocycles. The summed E-state index contributed by atoms with van der Waals surface area (Å²) < 4.78 is 0. The van der Waals surface area contributed by atoms with Crippen molar-refractivity contribution in [2.24, 2.45) is 0 Å². The normalized spacial score (nSPS) is 13.0. The molecule has 3 heteroatoms. The monoisotopic (exact) mass is 266 g/mol. The van der Waals surface area contributed by atoms with Crippen LogP contribution in [-0.2, 0) is 19.4 Å². The average Bonchev–Trinajstić information content (AvgIpc) is 2.93. The maximum Gasteiger partial charge on any atom is 0.251 e. The molecule has 1 amide bonds. The van der Waals surface area contributed by atoms with Crippen LogP contribution in [0.25, 0.3) is 0 Å². The number of carbonyl (C=O) groups excluding carboxylic acids is 1. The number of benzene rings is 2. The summed E-state index contributed by atoms with van der Waals surface area (Å²) in [5, 5.41) is 2.93. The van der Waals surface area contributed by atoms with Gasteiger partial charge in [0.05, 0.1) is 0 Å². The lowest BCUT2D eigenvalue weighted by atomic mass is 10.1. The van der Waals surface area contributed by atoms with Gasteiger partial charge in [0.15, 0.2) is 0 Å². The van der Waals surface area contributed by atoms with Gasteiger partial charge in [0.2, 0.25) is 0 Å². The highest BCUT2D eigenvalue weighted by molar-refractivity contribution is 5.94. The Morgan fingerprint density at radius 1 is 1.10 bits per heavy atom. The zero-order valence-corrected chi connectivity index (χ0v) is 11.4. The summed E-state index contributed by atoms with van der Waals surface area (Å²) in [5.74, 6) is -0.0389. The van der Waals surface area contributed by atoms with Crippen LogP contribution in [0, 0.1) is 0 Å². The van der Waals surface area contributed by atoms with Crippen molar-refractivity contribution >= 4 is 11.6 Å². The number of amides is 1. The molecule has 0 saturated carbocycles. The minimum Gasteiger partial charge on any atom is -0.398 e. The minimum absolute atomic E-state index is 0.0389. The Morgan fingerprint density at radius 2 is 1.90 bits per heavy atom. The Hall–Kier alpha value is -2.29. The number of anilines is 1. The van der Waals surface area contributed by atoms with Crippen molar-refractivity contribution in [1.82, 2.24) is 5.32 Å². The summed E-state index contributed by atoms with van der Waals surface area (Å²) >= 11 is 0. The van der Waals surface area contributed by atoms with Gasteiger partial charge in [-0.1, -0.05) is 24.3 Å². The van der Waals surface area contributed by atoms with Crippen LogP contribution in [0.2, 0.25) is 0 Å². The first-order valence-electron chi connectivity index (χ1n) is 6.97. The highest BCUT2D eigenvalue weighted by atomic mass is 16.1. The van der Waals surface area contributed by atoms with E-state index in [-0.39, 0.29) is 5.91 Å². The number of nitrogens with two attached hydrogens (primary N) is 1. The first kappa shape index (κ1) is 12.7. The van der Waals surface area contributed by atoms with Crippen molar-refractivity contribution in [2.75, 3.05) is 5.73 Å². The molecule has 0 aliphatic heterocycles. The number of aryl methyl sites for hydroxylation is 2. The molecule has 0 unspecified atom stereocenters. The molecule has 3 N–H and O–H groups in total. The second-order valence-electron chi connectivity index (χ2n) is 5.22. The molecular formula is C17H18N2O. The smallest absolute Gasteiger partial charge is 0.251 e. The van der Waals surface area contributed by atoms with Crippen LogP contribution < -0.4 is 11.1 Å². The predicted octanol–water partition coefficient (Wildman–Crippen LogP) is 2.69.